The molecule has 0 saturated heterocycles. The van der Waals surface area contributed by atoms with Gasteiger partial charge < -0.3 is 10.1 Å². The highest BCUT2D eigenvalue weighted by Gasteiger charge is 2.29. The quantitative estimate of drug-likeness (QED) is 0.832. The summed E-state index contributed by atoms with van der Waals surface area (Å²) in [5.41, 5.74) is 0.909. The van der Waals surface area contributed by atoms with Crippen LogP contribution in [0.25, 0.3) is 0 Å². The largest absolute Gasteiger partial charge is 0.497 e. The number of nitrogens with zero attached hydrogens (tertiary/aromatic N) is 1. The van der Waals surface area contributed by atoms with Gasteiger partial charge in [0.15, 0.2) is 0 Å². The van der Waals surface area contributed by atoms with Crippen molar-refractivity contribution in [2.75, 3.05) is 23.0 Å². The van der Waals surface area contributed by atoms with E-state index in [9.17, 15) is 13.2 Å². The maximum absolute atomic E-state index is 12.5. The van der Waals surface area contributed by atoms with Crippen molar-refractivity contribution in [2.24, 2.45) is 0 Å². The van der Waals surface area contributed by atoms with Crippen LogP contribution in [0.15, 0.2) is 48.5 Å². The molecule has 2 aromatic rings. The number of methoxy groups -OCH3 is 1. The minimum atomic E-state index is -3.67. The number of amides is 1. The number of sulfonamides is 1. The van der Waals surface area contributed by atoms with Crippen molar-refractivity contribution in [3.63, 3.8) is 0 Å². The first kappa shape index (κ1) is 19.1. The molecular weight excluding hydrogens is 364 g/mol. The van der Waals surface area contributed by atoms with Crippen LogP contribution in [0, 0.1) is 0 Å². The van der Waals surface area contributed by atoms with Crippen LogP contribution in [0.1, 0.15) is 6.92 Å². The third-order valence-corrected chi connectivity index (χ3v) is 5.02. The van der Waals surface area contributed by atoms with Gasteiger partial charge in [-0.1, -0.05) is 11.6 Å². The Balaban J connectivity index is 2.24. The van der Waals surface area contributed by atoms with Gasteiger partial charge in [-0.05, 0) is 55.5 Å². The molecule has 0 aliphatic rings. The van der Waals surface area contributed by atoms with Crippen LogP contribution in [0.5, 0.6) is 5.75 Å². The van der Waals surface area contributed by atoms with Gasteiger partial charge in [0.05, 0.1) is 19.1 Å². The average molecular weight is 383 g/mol. The molecule has 1 amide bonds. The molecule has 1 unspecified atom stereocenters. The summed E-state index contributed by atoms with van der Waals surface area (Å²) in [4.78, 5) is 12.5. The average Bonchev–Trinajstić information content (AvgIpc) is 2.56. The molecule has 0 aliphatic heterocycles. The lowest BCUT2D eigenvalue weighted by molar-refractivity contribution is -0.116. The van der Waals surface area contributed by atoms with Gasteiger partial charge in [-0.15, -0.1) is 0 Å². The lowest BCUT2D eigenvalue weighted by atomic mass is 10.2. The highest BCUT2D eigenvalue weighted by Crippen LogP contribution is 2.24. The summed E-state index contributed by atoms with van der Waals surface area (Å²) in [6.07, 6.45) is 1.05. The monoisotopic (exact) mass is 382 g/mol. The van der Waals surface area contributed by atoms with Crippen LogP contribution in [-0.4, -0.2) is 33.7 Å². The molecule has 1 atom stereocenters. The minimum Gasteiger partial charge on any atom is -0.497 e. The molecule has 6 nitrogen and oxygen atoms in total. The Morgan fingerprint density at radius 1 is 1.12 bits per heavy atom. The van der Waals surface area contributed by atoms with E-state index in [4.69, 9.17) is 16.3 Å². The van der Waals surface area contributed by atoms with Gasteiger partial charge in [-0.2, -0.15) is 0 Å². The predicted octanol–water partition coefficient (Wildman–Crippen LogP) is 3.14. The summed E-state index contributed by atoms with van der Waals surface area (Å²) >= 11 is 5.85. The Kier molecular flexibility index (Phi) is 5.92. The van der Waals surface area contributed by atoms with Gasteiger partial charge in [-0.3, -0.25) is 9.10 Å². The number of anilines is 2. The SMILES string of the molecule is COc1ccc(NC(=O)C(C)N(c2ccc(Cl)cc2)S(C)(=O)=O)cc1. The van der Waals surface area contributed by atoms with Crippen molar-refractivity contribution in [3.8, 4) is 5.75 Å². The molecule has 25 heavy (non-hydrogen) atoms. The third-order valence-electron chi connectivity index (χ3n) is 3.53. The van der Waals surface area contributed by atoms with E-state index in [0.717, 1.165) is 10.6 Å². The summed E-state index contributed by atoms with van der Waals surface area (Å²) < 4.78 is 30.5. The highest BCUT2D eigenvalue weighted by atomic mass is 35.5. The van der Waals surface area contributed by atoms with Gasteiger partial charge in [-0.25, -0.2) is 8.42 Å². The first-order chi connectivity index (χ1) is 11.7. The van der Waals surface area contributed by atoms with Crippen molar-refractivity contribution in [1.29, 1.82) is 0 Å². The molecule has 0 fully saturated rings. The first-order valence-corrected chi connectivity index (χ1v) is 9.65. The summed E-state index contributed by atoms with van der Waals surface area (Å²) in [5.74, 6) is 0.204. The van der Waals surface area contributed by atoms with E-state index < -0.39 is 22.0 Å². The Labute approximate surface area is 152 Å². The van der Waals surface area contributed by atoms with E-state index in [-0.39, 0.29) is 0 Å². The maximum Gasteiger partial charge on any atom is 0.247 e. The molecule has 134 valence electrons. The topological polar surface area (TPSA) is 75.7 Å². The standard InChI is InChI=1S/C17H19ClN2O4S/c1-12(17(21)19-14-6-10-16(24-2)11-7-14)20(25(3,22)23)15-8-4-13(18)5-9-15/h4-12H,1-3H3,(H,19,21). The van der Waals surface area contributed by atoms with Crippen LogP contribution < -0.4 is 14.4 Å². The van der Waals surface area contributed by atoms with Crippen LogP contribution >= 0.6 is 11.6 Å². The Bertz CT molecular complexity index is 836. The van der Waals surface area contributed by atoms with Crippen molar-refractivity contribution < 1.29 is 17.9 Å². The summed E-state index contributed by atoms with van der Waals surface area (Å²) in [7, 11) is -2.12. The fourth-order valence-electron chi connectivity index (χ4n) is 2.32. The maximum atomic E-state index is 12.5. The Hall–Kier alpha value is -2.25. The van der Waals surface area contributed by atoms with Gasteiger partial charge in [0.25, 0.3) is 0 Å². The number of halogens is 1. The number of rotatable bonds is 6. The van der Waals surface area contributed by atoms with Crippen molar-refractivity contribution >= 4 is 38.9 Å². The summed E-state index contributed by atoms with van der Waals surface area (Å²) in [6.45, 7) is 1.52. The lowest BCUT2D eigenvalue weighted by Crippen LogP contribution is -2.45. The molecule has 0 radical (unpaired) electrons. The number of carbonyl (C=O) groups is 1. The zero-order valence-electron chi connectivity index (χ0n) is 14.1. The van der Waals surface area contributed by atoms with Crippen molar-refractivity contribution in [2.45, 2.75) is 13.0 Å². The fraction of sp³-hybridized carbons (Fsp3) is 0.235. The molecule has 0 spiro atoms. The number of ether oxygens (including phenoxy) is 1. The normalized spacial score (nSPS) is 12.3. The van der Waals surface area contributed by atoms with Gasteiger partial charge >= 0.3 is 0 Å². The summed E-state index contributed by atoms with van der Waals surface area (Å²) in [5, 5.41) is 3.18. The zero-order chi connectivity index (χ0) is 18.6. The predicted molar refractivity (Wildman–Crippen MR) is 99.9 cm³/mol. The van der Waals surface area contributed by atoms with Crippen molar-refractivity contribution in [3.05, 3.63) is 53.6 Å². The number of hydrogen-bond acceptors (Lipinski definition) is 4. The minimum absolute atomic E-state index is 0.365. The second-order valence-corrected chi connectivity index (χ2v) is 7.72. The second kappa shape index (κ2) is 7.76. The number of carbonyl (C=O) groups excluding carboxylic acids is 1. The van der Waals surface area contributed by atoms with Gasteiger partial charge in [0, 0.05) is 10.7 Å². The molecule has 0 aromatic heterocycles. The smallest absolute Gasteiger partial charge is 0.247 e. The zero-order valence-corrected chi connectivity index (χ0v) is 15.6. The highest BCUT2D eigenvalue weighted by molar-refractivity contribution is 7.92. The van der Waals surface area contributed by atoms with Crippen molar-refractivity contribution in [1.82, 2.24) is 0 Å². The molecule has 2 rings (SSSR count). The lowest BCUT2D eigenvalue weighted by Gasteiger charge is -2.28. The van der Waals surface area contributed by atoms with E-state index in [0.29, 0.717) is 22.1 Å². The molecule has 0 saturated carbocycles. The van der Waals surface area contributed by atoms with E-state index >= 15 is 0 Å². The van der Waals surface area contributed by atoms with E-state index in [1.165, 1.54) is 6.92 Å². The molecular formula is C17H19ClN2O4S. The summed E-state index contributed by atoms with van der Waals surface area (Å²) in [6, 6.07) is 12.1. The van der Waals surface area contributed by atoms with E-state index in [1.54, 1.807) is 55.6 Å². The Morgan fingerprint density at radius 2 is 1.68 bits per heavy atom. The van der Waals surface area contributed by atoms with Gasteiger partial charge in [0.2, 0.25) is 15.9 Å². The fourth-order valence-corrected chi connectivity index (χ4v) is 3.62. The number of nitrogens with one attached hydrogen (secondary N) is 1. The number of hydrogen-bond donors (Lipinski definition) is 1. The molecule has 0 heterocycles. The molecule has 0 aliphatic carbocycles. The molecule has 8 heteroatoms. The van der Waals surface area contributed by atoms with Crippen LogP contribution in [-0.2, 0) is 14.8 Å². The van der Waals surface area contributed by atoms with E-state index in [2.05, 4.69) is 5.32 Å². The molecule has 0 bridgehead atoms. The van der Waals surface area contributed by atoms with Crippen LogP contribution in [0.4, 0.5) is 11.4 Å². The molecule has 1 N–H and O–H groups in total. The van der Waals surface area contributed by atoms with Crippen LogP contribution in [0.2, 0.25) is 5.02 Å². The Morgan fingerprint density at radius 3 is 2.16 bits per heavy atom. The number of benzene rings is 2. The second-order valence-electron chi connectivity index (χ2n) is 5.43. The third kappa shape index (κ3) is 4.87. The molecule has 2 aromatic carbocycles. The van der Waals surface area contributed by atoms with Crippen LogP contribution in [0.3, 0.4) is 0 Å². The van der Waals surface area contributed by atoms with E-state index in [1.807, 2.05) is 0 Å². The van der Waals surface area contributed by atoms with Gasteiger partial charge in [0.1, 0.15) is 11.8 Å². The first-order valence-electron chi connectivity index (χ1n) is 7.42.